The molecule has 0 N–H and O–H groups in total. The normalized spacial score (nSPS) is 19.9. The van der Waals surface area contributed by atoms with Gasteiger partial charge in [-0.05, 0) is 43.2 Å². The van der Waals surface area contributed by atoms with Crippen molar-refractivity contribution in [1.82, 2.24) is 0 Å². The molecule has 0 amide bonds. The van der Waals surface area contributed by atoms with E-state index in [-0.39, 0.29) is 12.4 Å². The summed E-state index contributed by atoms with van der Waals surface area (Å²) in [6.45, 7) is 4.36. The van der Waals surface area contributed by atoms with E-state index in [0.29, 0.717) is 12.2 Å². The number of epoxide rings is 1. The van der Waals surface area contributed by atoms with Gasteiger partial charge in [0, 0.05) is 0 Å². The molecule has 0 spiro atoms. The van der Waals surface area contributed by atoms with Crippen LogP contribution in [0.5, 0.6) is 11.5 Å². The highest BCUT2D eigenvalue weighted by atomic mass is 16.8. The molecule has 2 atom stereocenters. The number of hydrogen-bond donors (Lipinski definition) is 0. The van der Waals surface area contributed by atoms with E-state index < -0.39 is 0 Å². The molecule has 4 nitrogen and oxygen atoms in total. The second-order valence-electron chi connectivity index (χ2n) is 5.09. The number of carbonyl (C=O) groups excluding carboxylic acids is 1. The monoisotopic (exact) mass is 284 g/mol. The molecule has 0 aromatic heterocycles. The van der Waals surface area contributed by atoms with Crippen molar-refractivity contribution in [3.63, 3.8) is 0 Å². The smallest absolute Gasteiger partial charge is 0.298 e. The first kappa shape index (κ1) is 13.6. The third-order valence-corrected chi connectivity index (χ3v) is 3.43. The zero-order valence-corrected chi connectivity index (χ0v) is 11.9. The van der Waals surface area contributed by atoms with Crippen molar-refractivity contribution in [2.45, 2.75) is 26.2 Å². The van der Waals surface area contributed by atoms with Crippen LogP contribution in [0.1, 0.15) is 22.8 Å². The highest BCUT2D eigenvalue weighted by molar-refractivity contribution is 5.48. The third kappa shape index (κ3) is 3.06. The van der Waals surface area contributed by atoms with Gasteiger partial charge < -0.3 is 14.2 Å². The summed E-state index contributed by atoms with van der Waals surface area (Å²) in [5.74, 6) is 1.23. The number of rotatable bonds is 5. The van der Waals surface area contributed by atoms with Gasteiger partial charge in [0.05, 0.1) is 0 Å². The summed E-state index contributed by atoms with van der Waals surface area (Å²) >= 11 is 0. The van der Waals surface area contributed by atoms with Crippen LogP contribution in [0.3, 0.4) is 0 Å². The van der Waals surface area contributed by atoms with Crippen LogP contribution in [-0.4, -0.2) is 12.8 Å². The van der Waals surface area contributed by atoms with E-state index in [2.05, 4.69) is 31.2 Å². The van der Waals surface area contributed by atoms with Crippen LogP contribution in [0.4, 0.5) is 0 Å². The highest BCUT2D eigenvalue weighted by Gasteiger charge is 2.42. The molecule has 108 valence electrons. The van der Waals surface area contributed by atoms with Crippen molar-refractivity contribution in [3.05, 3.63) is 59.2 Å². The van der Waals surface area contributed by atoms with Crippen LogP contribution in [0.15, 0.2) is 42.5 Å². The first-order valence-electron chi connectivity index (χ1n) is 6.77. The summed E-state index contributed by atoms with van der Waals surface area (Å²) in [7, 11) is 0. The first-order valence-corrected chi connectivity index (χ1v) is 6.77. The van der Waals surface area contributed by atoms with Gasteiger partial charge in [0.1, 0.15) is 17.6 Å². The number of carbonyl (C=O) groups is 1. The van der Waals surface area contributed by atoms with E-state index in [1.807, 2.05) is 6.92 Å². The second-order valence-corrected chi connectivity index (χ2v) is 5.09. The minimum absolute atomic E-state index is 0.0177. The lowest BCUT2D eigenvalue weighted by molar-refractivity contribution is -0.120. The Kier molecular flexibility index (Phi) is 3.62. The van der Waals surface area contributed by atoms with E-state index in [1.165, 1.54) is 5.56 Å². The molecule has 0 bridgehead atoms. The predicted octanol–water partition coefficient (Wildman–Crippen LogP) is 3.32. The number of aryl methyl sites for hydroxylation is 2. The molecule has 0 radical (unpaired) electrons. The average molecular weight is 284 g/mol. The molecular formula is C17H16O4. The van der Waals surface area contributed by atoms with Gasteiger partial charge in [-0.25, -0.2) is 0 Å². The highest BCUT2D eigenvalue weighted by Crippen LogP contribution is 2.40. The van der Waals surface area contributed by atoms with Gasteiger partial charge >= 0.3 is 0 Å². The quantitative estimate of drug-likeness (QED) is 0.624. The fraction of sp³-hybridized carbons (Fsp3) is 0.235. The van der Waals surface area contributed by atoms with E-state index in [1.54, 1.807) is 18.2 Å². The van der Waals surface area contributed by atoms with Crippen molar-refractivity contribution in [3.8, 4) is 11.5 Å². The Morgan fingerprint density at radius 3 is 2.52 bits per heavy atom. The SMILES string of the molecule is Cc1ccc(C2OC2Oc2ccc(OC=O)cc2C)cc1. The minimum Gasteiger partial charge on any atom is -0.461 e. The molecule has 2 unspecified atom stereocenters. The molecular weight excluding hydrogens is 268 g/mol. The zero-order valence-electron chi connectivity index (χ0n) is 11.9. The maximum Gasteiger partial charge on any atom is 0.298 e. The Balaban J connectivity index is 1.66. The fourth-order valence-corrected chi connectivity index (χ4v) is 2.19. The summed E-state index contributed by atoms with van der Waals surface area (Å²) in [6, 6.07) is 13.5. The summed E-state index contributed by atoms with van der Waals surface area (Å²) < 4.78 is 16.2. The summed E-state index contributed by atoms with van der Waals surface area (Å²) in [6.07, 6.45) is -0.278. The molecule has 1 fully saturated rings. The van der Waals surface area contributed by atoms with Crippen LogP contribution in [0.25, 0.3) is 0 Å². The van der Waals surface area contributed by atoms with Gasteiger partial charge in [-0.2, -0.15) is 0 Å². The number of hydrogen-bond acceptors (Lipinski definition) is 4. The van der Waals surface area contributed by atoms with Gasteiger partial charge in [-0.15, -0.1) is 0 Å². The first-order chi connectivity index (χ1) is 10.2. The average Bonchev–Trinajstić information content (AvgIpc) is 3.22. The Morgan fingerprint density at radius 2 is 1.86 bits per heavy atom. The topological polar surface area (TPSA) is 48.1 Å². The maximum atomic E-state index is 10.3. The molecule has 1 heterocycles. The molecule has 1 aliphatic heterocycles. The summed E-state index contributed by atoms with van der Waals surface area (Å²) in [5.41, 5.74) is 3.23. The largest absolute Gasteiger partial charge is 0.461 e. The molecule has 1 saturated heterocycles. The lowest BCUT2D eigenvalue weighted by Gasteiger charge is -2.07. The van der Waals surface area contributed by atoms with Gasteiger partial charge in [0.25, 0.3) is 6.47 Å². The molecule has 1 aliphatic rings. The molecule has 3 rings (SSSR count). The van der Waals surface area contributed by atoms with Crippen molar-refractivity contribution in [2.75, 3.05) is 0 Å². The van der Waals surface area contributed by atoms with Crippen LogP contribution in [-0.2, 0) is 9.53 Å². The van der Waals surface area contributed by atoms with E-state index >= 15 is 0 Å². The molecule has 2 aromatic rings. The van der Waals surface area contributed by atoms with Crippen molar-refractivity contribution < 1.29 is 19.0 Å². The number of benzene rings is 2. The van der Waals surface area contributed by atoms with E-state index in [9.17, 15) is 4.79 Å². The van der Waals surface area contributed by atoms with Gasteiger partial charge in [-0.1, -0.05) is 29.8 Å². The maximum absolute atomic E-state index is 10.3. The van der Waals surface area contributed by atoms with E-state index in [4.69, 9.17) is 14.2 Å². The minimum atomic E-state index is -0.260. The Morgan fingerprint density at radius 1 is 1.10 bits per heavy atom. The van der Waals surface area contributed by atoms with Gasteiger partial charge in [0.2, 0.25) is 6.29 Å². The summed E-state index contributed by atoms with van der Waals surface area (Å²) in [5, 5.41) is 0. The number of ether oxygens (including phenoxy) is 3. The van der Waals surface area contributed by atoms with Crippen LogP contribution in [0.2, 0.25) is 0 Å². The standard InChI is InChI=1S/C17H16O4/c1-11-3-5-13(6-4-11)16-17(21-16)20-15-8-7-14(19-10-18)9-12(15)2/h3-10,16-17H,1-2H3. The third-order valence-electron chi connectivity index (χ3n) is 3.43. The van der Waals surface area contributed by atoms with Crippen molar-refractivity contribution >= 4 is 6.47 Å². The molecule has 0 saturated carbocycles. The van der Waals surface area contributed by atoms with Crippen LogP contribution >= 0.6 is 0 Å². The Bertz CT molecular complexity index is 648. The summed E-state index contributed by atoms with van der Waals surface area (Å²) in [4.78, 5) is 10.3. The van der Waals surface area contributed by atoms with Gasteiger partial charge in [0.15, 0.2) is 0 Å². The zero-order chi connectivity index (χ0) is 14.8. The molecule has 4 heteroatoms. The molecule has 0 aliphatic carbocycles. The molecule has 21 heavy (non-hydrogen) atoms. The Hall–Kier alpha value is -2.33. The lowest BCUT2D eigenvalue weighted by Crippen LogP contribution is -2.02. The fourth-order valence-electron chi connectivity index (χ4n) is 2.19. The van der Waals surface area contributed by atoms with Crippen molar-refractivity contribution in [2.24, 2.45) is 0 Å². The Labute approximate surface area is 123 Å². The van der Waals surface area contributed by atoms with Crippen LogP contribution in [0, 0.1) is 13.8 Å². The van der Waals surface area contributed by atoms with Crippen LogP contribution < -0.4 is 9.47 Å². The van der Waals surface area contributed by atoms with E-state index in [0.717, 1.165) is 16.9 Å². The second kappa shape index (κ2) is 5.58. The lowest BCUT2D eigenvalue weighted by atomic mass is 10.1. The van der Waals surface area contributed by atoms with Crippen molar-refractivity contribution in [1.29, 1.82) is 0 Å². The predicted molar refractivity (Wildman–Crippen MR) is 77.3 cm³/mol. The van der Waals surface area contributed by atoms with Gasteiger partial charge in [-0.3, -0.25) is 4.79 Å². The molecule has 2 aromatic carbocycles.